The molecule has 1 aromatic rings. The van der Waals surface area contributed by atoms with Crippen LogP contribution in [0, 0.1) is 5.92 Å². The van der Waals surface area contributed by atoms with Crippen molar-refractivity contribution in [3.8, 4) is 0 Å². The van der Waals surface area contributed by atoms with E-state index in [0.717, 1.165) is 18.0 Å². The zero-order valence-electron chi connectivity index (χ0n) is 11.1. The number of anilines is 1. The van der Waals surface area contributed by atoms with Gasteiger partial charge in [0.1, 0.15) is 0 Å². The molecule has 1 aromatic carbocycles. The number of nitrogens with zero attached hydrogens (tertiary/aromatic N) is 1. The van der Waals surface area contributed by atoms with Gasteiger partial charge in [0.05, 0.1) is 6.10 Å². The van der Waals surface area contributed by atoms with Crippen molar-refractivity contribution >= 4 is 5.69 Å². The molecule has 0 amide bonds. The van der Waals surface area contributed by atoms with Crippen LogP contribution >= 0.6 is 0 Å². The molecule has 1 saturated heterocycles. The number of rotatable bonds is 2. The van der Waals surface area contributed by atoms with Crippen molar-refractivity contribution in [3.05, 3.63) is 29.8 Å². The molecule has 2 heteroatoms. The van der Waals surface area contributed by atoms with Crippen LogP contribution in [0.15, 0.2) is 24.3 Å². The molecule has 0 radical (unpaired) electrons. The Morgan fingerprint density at radius 3 is 2.41 bits per heavy atom. The summed E-state index contributed by atoms with van der Waals surface area (Å²) in [6.07, 6.45) is 2.24. The van der Waals surface area contributed by atoms with Crippen LogP contribution in [0.3, 0.4) is 0 Å². The molecule has 0 spiro atoms. The molecule has 1 fully saturated rings. The second kappa shape index (κ2) is 5.09. The lowest BCUT2D eigenvalue weighted by molar-refractivity contribution is 0.199. The lowest BCUT2D eigenvalue weighted by atomic mass is 9.94. The van der Waals surface area contributed by atoms with E-state index in [1.165, 1.54) is 18.5 Å². The molecule has 1 aliphatic rings. The predicted molar refractivity (Wildman–Crippen MR) is 72.3 cm³/mol. The summed E-state index contributed by atoms with van der Waals surface area (Å²) in [4.78, 5) is 2.49. The van der Waals surface area contributed by atoms with Crippen LogP contribution in [0.1, 0.15) is 45.3 Å². The maximum atomic E-state index is 9.51. The molecule has 1 heterocycles. The van der Waals surface area contributed by atoms with Gasteiger partial charge in [0.2, 0.25) is 0 Å². The van der Waals surface area contributed by atoms with Crippen molar-refractivity contribution in [2.45, 2.75) is 45.8 Å². The van der Waals surface area contributed by atoms with E-state index in [4.69, 9.17) is 0 Å². The van der Waals surface area contributed by atoms with Gasteiger partial charge in [0, 0.05) is 18.3 Å². The van der Waals surface area contributed by atoms with Crippen LogP contribution in [0.4, 0.5) is 5.69 Å². The standard InChI is InChI=1S/C15H23NO/c1-11-4-5-12(2)16(10-11)15-8-6-14(7-9-15)13(3)17/h6-9,11-13,17H,4-5,10H2,1-3H3/t11?,12?,13-/m1/s1. The van der Waals surface area contributed by atoms with Gasteiger partial charge in [-0.05, 0) is 50.3 Å². The third-order valence-corrected chi connectivity index (χ3v) is 3.82. The van der Waals surface area contributed by atoms with E-state index in [-0.39, 0.29) is 6.10 Å². The molecule has 2 rings (SSSR count). The largest absolute Gasteiger partial charge is 0.389 e. The first-order valence-corrected chi connectivity index (χ1v) is 6.62. The summed E-state index contributed by atoms with van der Waals surface area (Å²) in [5.74, 6) is 0.780. The maximum Gasteiger partial charge on any atom is 0.0761 e. The Balaban J connectivity index is 2.15. The van der Waals surface area contributed by atoms with E-state index >= 15 is 0 Å². The molecule has 0 aromatic heterocycles. The van der Waals surface area contributed by atoms with E-state index < -0.39 is 0 Å². The topological polar surface area (TPSA) is 23.5 Å². The van der Waals surface area contributed by atoms with Gasteiger partial charge >= 0.3 is 0 Å². The molecule has 0 bridgehead atoms. The highest BCUT2D eigenvalue weighted by atomic mass is 16.3. The summed E-state index contributed by atoms with van der Waals surface area (Å²) >= 11 is 0. The van der Waals surface area contributed by atoms with E-state index in [1.54, 1.807) is 6.92 Å². The van der Waals surface area contributed by atoms with Gasteiger partial charge in [-0.1, -0.05) is 19.1 Å². The predicted octanol–water partition coefficient (Wildman–Crippen LogP) is 3.36. The van der Waals surface area contributed by atoms with Gasteiger partial charge in [-0.25, -0.2) is 0 Å². The summed E-state index contributed by atoms with van der Waals surface area (Å²) in [5, 5.41) is 9.51. The molecule has 17 heavy (non-hydrogen) atoms. The number of aliphatic hydroxyl groups is 1. The minimum Gasteiger partial charge on any atom is -0.389 e. The molecule has 0 aliphatic carbocycles. The second-order valence-corrected chi connectivity index (χ2v) is 5.45. The number of benzene rings is 1. The van der Waals surface area contributed by atoms with Gasteiger partial charge in [-0.3, -0.25) is 0 Å². The molecule has 1 aliphatic heterocycles. The summed E-state index contributed by atoms with van der Waals surface area (Å²) in [6, 6.07) is 8.97. The molecule has 1 N–H and O–H groups in total. The Bertz CT molecular complexity index is 358. The first-order valence-electron chi connectivity index (χ1n) is 6.62. The van der Waals surface area contributed by atoms with Crippen LogP contribution in [0.5, 0.6) is 0 Å². The monoisotopic (exact) mass is 233 g/mol. The molecule has 0 saturated carbocycles. The van der Waals surface area contributed by atoms with Crippen LogP contribution in [0.25, 0.3) is 0 Å². The van der Waals surface area contributed by atoms with Gasteiger partial charge in [-0.15, -0.1) is 0 Å². The Morgan fingerprint density at radius 2 is 1.82 bits per heavy atom. The average molecular weight is 233 g/mol. The lowest BCUT2D eigenvalue weighted by Gasteiger charge is -2.38. The minimum absolute atomic E-state index is 0.373. The van der Waals surface area contributed by atoms with Crippen molar-refractivity contribution in [3.63, 3.8) is 0 Å². The van der Waals surface area contributed by atoms with E-state index in [2.05, 4.69) is 30.9 Å². The second-order valence-electron chi connectivity index (χ2n) is 5.45. The van der Waals surface area contributed by atoms with E-state index in [9.17, 15) is 5.11 Å². The van der Waals surface area contributed by atoms with Crippen LogP contribution < -0.4 is 4.90 Å². The van der Waals surface area contributed by atoms with Crippen molar-refractivity contribution < 1.29 is 5.11 Å². The number of hydrogen-bond donors (Lipinski definition) is 1. The number of aliphatic hydroxyl groups excluding tert-OH is 1. The highest BCUT2D eigenvalue weighted by Crippen LogP contribution is 2.28. The van der Waals surface area contributed by atoms with Crippen molar-refractivity contribution in [1.82, 2.24) is 0 Å². The first kappa shape index (κ1) is 12.4. The SMILES string of the molecule is CC1CCC(C)N(c2ccc([C@@H](C)O)cc2)C1. The fraction of sp³-hybridized carbons (Fsp3) is 0.600. The Morgan fingerprint density at radius 1 is 1.18 bits per heavy atom. The summed E-state index contributed by atoms with van der Waals surface area (Å²) < 4.78 is 0. The third kappa shape index (κ3) is 2.81. The Labute approximate surface area is 104 Å². The Hall–Kier alpha value is -1.02. The summed E-state index contributed by atoms with van der Waals surface area (Å²) in [7, 11) is 0. The van der Waals surface area contributed by atoms with Crippen LogP contribution in [-0.4, -0.2) is 17.7 Å². The van der Waals surface area contributed by atoms with Gasteiger partial charge in [0.25, 0.3) is 0 Å². The van der Waals surface area contributed by atoms with E-state index in [0.29, 0.717) is 6.04 Å². The minimum atomic E-state index is -0.373. The molecular weight excluding hydrogens is 210 g/mol. The molecule has 94 valence electrons. The normalized spacial score (nSPS) is 26.9. The quantitative estimate of drug-likeness (QED) is 0.846. The fourth-order valence-corrected chi connectivity index (χ4v) is 2.59. The molecule has 2 unspecified atom stereocenters. The molecule has 3 atom stereocenters. The van der Waals surface area contributed by atoms with Crippen molar-refractivity contribution in [2.24, 2.45) is 5.92 Å². The van der Waals surface area contributed by atoms with Gasteiger partial charge in [-0.2, -0.15) is 0 Å². The number of hydrogen-bond acceptors (Lipinski definition) is 2. The Kier molecular flexibility index (Phi) is 3.72. The molecular formula is C15H23NO. The smallest absolute Gasteiger partial charge is 0.0761 e. The summed E-state index contributed by atoms with van der Waals surface area (Å²) in [5.41, 5.74) is 2.28. The van der Waals surface area contributed by atoms with E-state index in [1.807, 2.05) is 12.1 Å². The van der Waals surface area contributed by atoms with Crippen molar-refractivity contribution in [1.29, 1.82) is 0 Å². The highest BCUT2D eigenvalue weighted by molar-refractivity contribution is 5.49. The lowest BCUT2D eigenvalue weighted by Crippen LogP contribution is -2.41. The van der Waals surface area contributed by atoms with Crippen LogP contribution in [-0.2, 0) is 0 Å². The van der Waals surface area contributed by atoms with Crippen LogP contribution in [0.2, 0.25) is 0 Å². The average Bonchev–Trinajstić information content (AvgIpc) is 2.32. The zero-order chi connectivity index (χ0) is 12.4. The molecule has 2 nitrogen and oxygen atoms in total. The third-order valence-electron chi connectivity index (χ3n) is 3.82. The first-order chi connectivity index (χ1) is 8.08. The fourth-order valence-electron chi connectivity index (χ4n) is 2.59. The van der Waals surface area contributed by atoms with Crippen molar-refractivity contribution in [2.75, 3.05) is 11.4 Å². The maximum absolute atomic E-state index is 9.51. The van der Waals surface area contributed by atoms with Gasteiger partial charge in [0.15, 0.2) is 0 Å². The number of piperidine rings is 1. The summed E-state index contributed by atoms with van der Waals surface area (Å²) in [6.45, 7) is 7.58. The highest BCUT2D eigenvalue weighted by Gasteiger charge is 2.22. The zero-order valence-corrected chi connectivity index (χ0v) is 11.1. The van der Waals surface area contributed by atoms with Gasteiger partial charge < -0.3 is 10.0 Å².